The molecule has 0 bridgehead atoms. The van der Waals surface area contributed by atoms with Crippen LogP contribution in [0.1, 0.15) is 24.5 Å². The summed E-state index contributed by atoms with van der Waals surface area (Å²) in [5, 5.41) is 2.08. The number of hydrogen-bond donors (Lipinski definition) is 0. The van der Waals surface area contributed by atoms with E-state index in [1.807, 2.05) is 13.2 Å². The third-order valence-corrected chi connectivity index (χ3v) is 2.92. The standard InChI is InChI=1S/C15H18OS/c1-13(8-10-16)6-7-14-4-3-5-15(12-14)9-11-17-2/h3-5,8-12H,6-7H2,1-2H3/b11-9-,13-8+. The fraction of sp³-hybridized carbons (Fsp3) is 0.267. The van der Waals surface area contributed by atoms with E-state index in [0.717, 1.165) is 24.7 Å². The van der Waals surface area contributed by atoms with Gasteiger partial charge in [-0.3, -0.25) is 4.79 Å². The maximum Gasteiger partial charge on any atom is 0.142 e. The molecular formula is C15H18OS. The normalized spacial score (nSPS) is 12.0. The van der Waals surface area contributed by atoms with Crippen LogP contribution < -0.4 is 0 Å². The van der Waals surface area contributed by atoms with Crippen LogP contribution in [0.5, 0.6) is 0 Å². The van der Waals surface area contributed by atoms with Crippen molar-refractivity contribution >= 4 is 24.1 Å². The van der Waals surface area contributed by atoms with Crippen molar-refractivity contribution in [3.63, 3.8) is 0 Å². The number of hydrogen-bond acceptors (Lipinski definition) is 2. The summed E-state index contributed by atoms with van der Waals surface area (Å²) in [6, 6.07) is 8.50. The first-order valence-corrected chi connectivity index (χ1v) is 6.94. The maximum absolute atomic E-state index is 10.3. The fourth-order valence-corrected chi connectivity index (χ4v) is 1.83. The first kappa shape index (κ1) is 13.8. The number of benzene rings is 1. The van der Waals surface area contributed by atoms with Gasteiger partial charge in [-0.15, -0.1) is 11.8 Å². The number of aryl methyl sites for hydroxylation is 1. The summed E-state index contributed by atoms with van der Waals surface area (Å²) < 4.78 is 0. The van der Waals surface area contributed by atoms with Crippen LogP contribution in [0.3, 0.4) is 0 Å². The third-order valence-electron chi connectivity index (χ3n) is 2.51. The summed E-state index contributed by atoms with van der Waals surface area (Å²) in [4.78, 5) is 10.3. The molecule has 1 rings (SSSR count). The molecule has 0 aliphatic carbocycles. The van der Waals surface area contributed by atoms with Crippen LogP contribution in [0.25, 0.3) is 6.08 Å². The Balaban J connectivity index is 2.62. The van der Waals surface area contributed by atoms with E-state index in [0.29, 0.717) is 0 Å². The van der Waals surface area contributed by atoms with E-state index in [1.54, 1.807) is 17.8 Å². The molecule has 0 spiro atoms. The molecule has 1 nitrogen and oxygen atoms in total. The Morgan fingerprint density at radius 3 is 2.94 bits per heavy atom. The van der Waals surface area contributed by atoms with Crippen LogP contribution in [-0.4, -0.2) is 12.5 Å². The van der Waals surface area contributed by atoms with Crippen LogP contribution in [0.4, 0.5) is 0 Å². The van der Waals surface area contributed by atoms with Gasteiger partial charge < -0.3 is 0 Å². The highest BCUT2D eigenvalue weighted by Crippen LogP contribution is 2.13. The second-order valence-corrected chi connectivity index (χ2v) is 4.68. The first-order valence-electron chi connectivity index (χ1n) is 5.65. The lowest BCUT2D eigenvalue weighted by atomic mass is 10.0. The van der Waals surface area contributed by atoms with Gasteiger partial charge in [0.25, 0.3) is 0 Å². The summed E-state index contributed by atoms with van der Waals surface area (Å²) in [5.41, 5.74) is 3.67. The van der Waals surface area contributed by atoms with Crippen LogP contribution >= 0.6 is 11.8 Å². The molecule has 17 heavy (non-hydrogen) atoms. The summed E-state index contributed by atoms with van der Waals surface area (Å²) >= 11 is 1.70. The van der Waals surface area contributed by atoms with Crippen molar-refractivity contribution in [1.29, 1.82) is 0 Å². The molecule has 0 heterocycles. The van der Waals surface area contributed by atoms with Crippen molar-refractivity contribution in [2.24, 2.45) is 0 Å². The Kier molecular flexibility index (Phi) is 6.41. The van der Waals surface area contributed by atoms with Gasteiger partial charge in [-0.2, -0.15) is 0 Å². The molecule has 0 fully saturated rings. The summed E-state index contributed by atoms with van der Waals surface area (Å²) in [5.74, 6) is 0. The lowest BCUT2D eigenvalue weighted by molar-refractivity contribution is -0.104. The van der Waals surface area contributed by atoms with Crippen molar-refractivity contribution in [1.82, 2.24) is 0 Å². The lowest BCUT2D eigenvalue weighted by Gasteiger charge is -2.03. The number of thioether (sulfide) groups is 1. The second kappa shape index (κ2) is 7.91. The molecule has 1 aromatic carbocycles. The zero-order chi connectivity index (χ0) is 12.5. The van der Waals surface area contributed by atoms with E-state index in [1.165, 1.54) is 11.1 Å². The minimum atomic E-state index is 0.854. The molecule has 0 atom stereocenters. The van der Waals surface area contributed by atoms with Crippen LogP contribution in [0.15, 0.2) is 41.3 Å². The smallest absolute Gasteiger partial charge is 0.142 e. The van der Waals surface area contributed by atoms with Gasteiger partial charge in [0.1, 0.15) is 6.29 Å². The molecule has 0 N–H and O–H groups in total. The Hall–Kier alpha value is -1.28. The minimum absolute atomic E-state index is 0.854. The van der Waals surface area contributed by atoms with Gasteiger partial charge in [0, 0.05) is 0 Å². The highest BCUT2D eigenvalue weighted by atomic mass is 32.2. The summed E-state index contributed by atoms with van der Waals surface area (Å²) in [6.07, 6.45) is 8.58. The molecule has 0 aliphatic heterocycles. The Bertz CT molecular complexity index is 419. The maximum atomic E-state index is 10.3. The molecule has 1 aromatic rings. The highest BCUT2D eigenvalue weighted by Gasteiger charge is 1.95. The Morgan fingerprint density at radius 1 is 1.41 bits per heavy atom. The molecule has 90 valence electrons. The van der Waals surface area contributed by atoms with Gasteiger partial charge in [0.15, 0.2) is 0 Å². The van der Waals surface area contributed by atoms with E-state index in [9.17, 15) is 4.79 Å². The molecule has 0 aliphatic rings. The molecular weight excluding hydrogens is 228 g/mol. The van der Waals surface area contributed by atoms with Crippen molar-refractivity contribution in [3.05, 3.63) is 52.4 Å². The van der Waals surface area contributed by atoms with E-state index in [-0.39, 0.29) is 0 Å². The molecule has 0 unspecified atom stereocenters. The van der Waals surface area contributed by atoms with Gasteiger partial charge in [-0.25, -0.2) is 0 Å². The number of allylic oxidation sites excluding steroid dienone is 2. The number of carbonyl (C=O) groups is 1. The quantitative estimate of drug-likeness (QED) is 0.555. The molecule has 0 saturated carbocycles. The van der Waals surface area contributed by atoms with Gasteiger partial charge in [0.2, 0.25) is 0 Å². The summed E-state index contributed by atoms with van der Waals surface area (Å²) in [7, 11) is 0. The minimum Gasteiger partial charge on any atom is -0.299 e. The van der Waals surface area contributed by atoms with Gasteiger partial charge >= 0.3 is 0 Å². The van der Waals surface area contributed by atoms with Crippen LogP contribution in [-0.2, 0) is 11.2 Å². The predicted octanol–water partition coefficient (Wildman–Crippen LogP) is 4.10. The second-order valence-electron chi connectivity index (χ2n) is 3.93. The van der Waals surface area contributed by atoms with Crippen molar-refractivity contribution in [2.45, 2.75) is 19.8 Å². The average molecular weight is 246 g/mol. The van der Waals surface area contributed by atoms with Gasteiger partial charge in [-0.1, -0.05) is 29.8 Å². The van der Waals surface area contributed by atoms with Crippen LogP contribution in [0, 0.1) is 0 Å². The van der Waals surface area contributed by atoms with E-state index < -0.39 is 0 Å². The lowest BCUT2D eigenvalue weighted by Crippen LogP contribution is -1.87. The van der Waals surface area contributed by atoms with Crippen molar-refractivity contribution in [3.8, 4) is 0 Å². The highest BCUT2D eigenvalue weighted by molar-refractivity contribution is 8.01. The largest absolute Gasteiger partial charge is 0.299 e. The van der Waals surface area contributed by atoms with Crippen LogP contribution in [0.2, 0.25) is 0 Å². The molecule has 0 amide bonds. The Labute approximate surface area is 108 Å². The molecule has 0 aromatic heterocycles. The van der Waals surface area contributed by atoms with E-state index >= 15 is 0 Å². The zero-order valence-corrected chi connectivity index (χ0v) is 11.2. The third kappa shape index (κ3) is 5.55. The number of aldehydes is 1. The molecule has 2 heteroatoms. The first-order chi connectivity index (χ1) is 8.26. The summed E-state index contributed by atoms with van der Waals surface area (Å²) in [6.45, 7) is 1.99. The fourth-order valence-electron chi connectivity index (χ4n) is 1.54. The van der Waals surface area contributed by atoms with E-state index in [4.69, 9.17) is 0 Å². The Morgan fingerprint density at radius 2 is 2.24 bits per heavy atom. The average Bonchev–Trinajstić information content (AvgIpc) is 2.35. The SMILES string of the molecule is CS/C=C\c1cccc(CC/C(C)=C/C=O)c1. The molecule has 0 radical (unpaired) electrons. The monoisotopic (exact) mass is 246 g/mol. The van der Waals surface area contributed by atoms with Gasteiger partial charge in [-0.05, 0) is 54.7 Å². The van der Waals surface area contributed by atoms with Gasteiger partial charge in [0.05, 0.1) is 0 Å². The topological polar surface area (TPSA) is 17.1 Å². The number of carbonyl (C=O) groups excluding carboxylic acids is 1. The van der Waals surface area contributed by atoms with Crippen molar-refractivity contribution < 1.29 is 4.79 Å². The molecule has 0 saturated heterocycles. The predicted molar refractivity (Wildman–Crippen MR) is 77.1 cm³/mol. The number of rotatable bonds is 6. The zero-order valence-electron chi connectivity index (χ0n) is 10.3. The van der Waals surface area contributed by atoms with E-state index in [2.05, 4.69) is 35.7 Å². The van der Waals surface area contributed by atoms with Crippen molar-refractivity contribution in [2.75, 3.05) is 6.26 Å².